The van der Waals surface area contributed by atoms with Crippen LogP contribution in [0.4, 0.5) is 5.95 Å². The summed E-state index contributed by atoms with van der Waals surface area (Å²) in [4.78, 5) is 38.1. The predicted octanol–water partition coefficient (Wildman–Crippen LogP) is 3.16. The minimum atomic E-state index is -0.000427. The third-order valence-corrected chi connectivity index (χ3v) is 6.82. The van der Waals surface area contributed by atoms with E-state index in [0.29, 0.717) is 23.0 Å². The smallest absolute Gasteiger partial charge is 0.227 e. The first kappa shape index (κ1) is 21.5. The lowest BCUT2D eigenvalue weighted by atomic mass is 9.97. The fourth-order valence-corrected chi connectivity index (χ4v) is 4.93. The molecule has 0 atom stereocenters. The van der Waals surface area contributed by atoms with E-state index in [1.807, 2.05) is 37.0 Å². The van der Waals surface area contributed by atoms with E-state index in [9.17, 15) is 4.79 Å². The summed E-state index contributed by atoms with van der Waals surface area (Å²) >= 11 is 0. The molecule has 0 spiro atoms. The Labute approximate surface area is 202 Å². The lowest BCUT2D eigenvalue weighted by Gasteiger charge is -2.32. The van der Waals surface area contributed by atoms with Gasteiger partial charge in [-0.15, -0.1) is 0 Å². The van der Waals surface area contributed by atoms with Gasteiger partial charge >= 0.3 is 0 Å². The van der Waals surface area contributed by atoms with Crippen molar-refractivity contribution in [2.75, 3.05) is 38.1 Å². The van der Waals surface area contributed by atoms with Crippen molar-refractivity contribution in [1.82, 2.24) is 39.6 Å². The van der Waals surface area contributed by atoms with Gasteiger partial charge in [-0.2, -0.15) is 10.1 Å². The summed E-state index contributed by atoms with van der Waals surface area (Å²) in [5, 5.41) is 5.37. The number of H-pyrrole nitrogens is 2. The van der Waals surface area contributed by atoms with Gasteiger partial charge in [0.25, 0.3) is 0 Å². The highest BCUT2D eigenvalue weighted by atomic mass is 16.1. The van der Waals surface area contributed by atoms with E-state index in [4.69, 9.17) is 9.97 Å². The second-order valence-electron chi connectivity index (χ2n) is 9.26. The highest BCUT2D eigenvalue weighted by Crippen LogP contribution is 2.37. The summed E-state index contributed by atoms with van der Waals surface area (Å²) in [6, 6.07) is 6.12. The van der Waals surface area contributed by atoms with Crippen molar-refractivity contribution in [1.29, 1.82) is 0 Å². The maximum absolute atomic E-state index is 12.7. The number of likely N-dealkylation sites (N-methyl/N-ethyl adjacent to an activating group) is 1. The number of nitrogens with zero attached hydrogens (tertiary/aromatic N) is 7. The van der Waals surface area contributed by atoms with Crippen molar-refractivity contribution in [3.05, 3.63) is 41.9 Å². The van der Waals surface area contributed by atoms with Gasteiger partial charge in [-0.1, -0.05) is 6.07 Å². The second-order valence-corrected chi connectivity index (χ2v) is 9.26. The van der Waals surface area contributed by atoms with Gasteiger partial charge in [0.1, 0.15) is 5.52 Å². The standard InChI is InChI=1S/C25H27N9O/c1-14-20(15(2)35)21(16-5-6-19-17(11-16)12-27-33(19)4)22(28-14)24-29-18-13-26-25(31-23(18)30-24)34-9-7-32(3)8-10-34/h5-6,11-13,28H,7-10H2,1-4H3,(H,26,29,30,31). The lowest BCUT2D eigenvalue weighted by Crippen LogP contribution is -2.45. The first-order valence-corrected chi connectivity index (χ1v) is 11.7. The molecule has 35 heavy (non-hydrogen) atoms. The molecule has 2 N–H and O–H groups in total. The third-order valence-electron chi connectivity index (χ3n) is 6.82. The Kier molecular flexibility index (Phi) is 4.92. The maximum atomic E-state index is 12.7. The van der Waals surface area contributed by atoms with Crippen molar-refractivity contribution < 1.29 is 4.79 Å². The topological polar surface area (TPSA) is 112 Å². The number of aromatic nitrogens is 7. The van der Waals surface area contributed by atoms with Crippen LogP contribution < -0.4 is 4.90 Å². The minimum absolute atomic E-state index is 0.000427. The van der Waals surface area contributed by atoms with Gasteiger partial charge in [0.05, 0.1) is 23.6 Å². The molecule has 1 aliphatic heterocycles. The summed E-state index contributed by atoms with van der Waals surface area (Å²) in [6.07, 6.45) is 3.62. The third kappa shape index (κ3) is 3.57. The molecule has 178 valence electrons. The molecule has 5 heterocycles. The van der Waals surface area contributed by atoms with Gasteiger partial charge in [-0.3, -0.25) is 9.48 Å². The minimum Gasteiger partial charge on any atom is -0.355 e. The quantitative estimate of drug-likeness (QED) is 0.389. The summed E-state index contributed by atoms with van der Waals surface area (Å²) < 4.78 is 1.84. The van der Waals surface area contributed by atoms with Gasteiger partial charge in [0, 0.05) is 55.4 Å². The zero-order chi connectivity index (χ0) is 24.3. The molecule has 0 radical (unpaired) electrons. The van der Waals surface area contributed by atoms with Crippen LogP contribution in [0, 0.1) is 6.92 Å². The van der Waals surface area contributed by atoms with Gasteiger partial charge in [-0.25, -0.2) is 9.97 Å². The van der Waals surface area contributed by atoms with Crippen molar-refractivity contribution in [2.45, 2.75) is 13.8 Å². The molecule has 1 aliphatic rings. The molecule has 1 aromatic carbocycles. The number of Topliss-reactive ketones (excluding diaryl/α,β-unsaturated/α-hetero) is 1. The summed E-state index contributed by atoms with van der Waals surface area (Å²) in [6.45, 7) is 7.25. The molecular weight excluding hydrogens is 442 g/mol. The van der Waals surface area contributed by atoms with E-state index in [1.165, 1.54) is 0 Å². The number of hydrogen-bond acceptors (Lipinski definition) is 7. The van der Waals surface area contributed by atoms with E-state index < -0.39 is 0 Å². The maximum Gasteiger partial charge on any atom is 0.227 e. The van der Waals surface area contributed by atoms with Crippen LogP contribution in [-0.4, -0.2) is 78.6 Å². The number of ketones is 1. The van der Waals surface area contributed by atoms with E-state index in [1.54, 1.807) is 13.1 Å². The first-order valence-electron chi connectivity index (χ1n) is 11.7. The Bertz CT molecular complexity index is 1580. The van der Waals surface area contributed by atoms with E-state index >= 15 is 0 Å². The summed E-state index contributed by atoms with van der Waals surface area (Å²) in [5.74, 6) is 1.32. The number of aryl methyl sites for hydroxylation is 2. The number of benzene rings is 1. The van der Waals surface area contributed by atoms with Crippen LogP contribution in [0.2, 0.25) is 0 Å². The molecule has 10 heteroatoms. The van der Waals surface area contributed by atoms with Crippen LogP contribution >= 0.6 is 0 Å². The molecule has 1 saturated heterocycles. The molecule has 0 saturated carbocycles. The number of carbonyl (C=O) groups excluding carboxylic acids is 1. The molecule has 5 aromatic rings. The van der Waals surface area contributed by atoms with E-state index in [-0.39, 0.29) is 5.78 Å². The average molecular weight is 470 g/mol. The Morgan fingerprint density at radius 3 is 2.60 bits per heavy atom. The van der Waals surface area contributed by atoms with Gasteiger partial charge in [0.15, 0.2) is 17.3 Å². The van der Waals surface area contributed by atoms with Crippen LogP contribution in [0.3, 0.4) is 0 Å². The first-order chi connectivity index (χ1) is 16.9. The molecule has 0 unspecified atom stereocenters. The number of hydrogen-bond donors (Lipinski definition) is 2. The van der Waals surface area contributed by atoms with Gasteiger partial charge < -0.3 is 19.8 Å². The fraction of sp³-hybridized carbons (Fsp3) is 0.320. The van der Waals surface area contributed by atoms with E-state index in [0.717, 1.165) is 65.1 Å². The molecule has 6 rings (SSSR count). The largest absolute Gasteiger partial charge is 0.355 e. The molecule has 4 aromatic heterocycles. The summed E-state index contributed by atoms with van der Waals surface area (Å²) in [5.41, 5.74) is 6.37. The van der Waals surface area contributed by atoms with Crippen LogP contribution in [0.15, 0.2) is 30.6 Å². The Balaban J connectivity index is 1.47. The molecule has 1 fully saturated rings. The Morgan fingerprint density at radius 2 is 1.83 bits per heavy atom. The Hall–Kier alpha value is -4.05. The molecule has 10 nitrogen and oxygen atoms in total. The average Bonchev–Trinajstić information content (AvgIpc) is 3.53. The van der Waals surface area contributed by atoms with Crippen LogP contribution in [0.5, 0.6) is 0 Å². The highest BCUT2D eigenvalue weighted by molar-refractivity contribution is 6.06. The van der Waals surface area contributed by atoms with Crippen molar-refractivity contribution >= 4 is 33.8 Å². The number of piperazine rings is 1. The fourth-order valence-electron chi connectivity index (χ4n) is 4.93. The van der Waals surface area contributed by atoms with Crippen molar-refractivity contribution in [2.24, 2.45) is 7.05 Å². The number of carbonyl (C=O) groups is 1. The van der Waals surface area contributed by atoms with Crippen molar-refractivity contribution in [3.8, 4) is 22.6 Å². The number of imidazole rings is 1. The number of fused-ring (bicyclic) bond motifs is 2. The number of anilines is 1. The lowest BCUT2D eigenvalue weighted by molar-refractivity contribution is 0.101. The van der Waals surface area contributed by atoms with Crippen LogP contribution in [0.1, 0.15) is 23.0 Å². The Morgan fingerprint density at radius 1 is 1.03 bits per heavy atom. The monoisotopic (exact) mass is 469 g/mol. The second kappa shape index (κ2) is 8.02. The summed E-state index contributed by atoms with van der Waals surface area (Å²) in [7, 11) is 4.04. The normalized spacial score (nSPS) is 14.9. The zero-order valence-corrected chi connectivity index (χ0v) is 20.3. The molecule has 0 amide bonds. The zero-order valence-electron chi connectivity index (χ0n) is 20.3. The number of rotatable bonds is 4. The van der Waals surface area contributed by atoms with Gasteiger partial charge in [-0.05, 0) is 38.6 Å². The van der Waals surface area contributed by atoms with Gasteiger partial charge in [0.2, 0.25) is 5.95 Å². The SMILES string of the molecule is CC(=O)c1c(C)[nH]c(-c2nc3nc(N4CCN(C)CC4)ncc3[nH]2)c1-c1ccc2c(cnn2C)c1. The van der Waals surface area contributed by atoms with Crippen molar-refractivity contribution in [3.63, 3.8) is 0 Å². The number of nitrogens with one attached hydrogen (secondary N) is 2. The predicted molar refractivity (Wildman–Crippen MR) is 136 cm³/mol. The highest BCUT2D eigenvalue weighted by Gasteiger charge is 2.24. The van der Waals surface area contributed by atoms with Crippen LogP contribution in [-0.2, 0) is 7.05 Å². The van der Waals surface area contributed by atoms with E-state index in [2.05, 4.69) is 43.0 Å². The molecular formula is C25H27N9O. The molecule has 0 aliphatic carbocycles. The number of aromatic amines is 2. The molecule has 0 bridgehead atoms. The van der Waals surface area contributed by atoms with Crippen LogP contribution in [0.25, 0.3) is 44.7 Å².